The minimum absolute atomic E-state index is 0.0238. The highest BCUT2D eigenvalue weighted by molar-refractivity contribution is 9.10. The van der Waals surface area contributed by atoms with Crippen molar-refractivity contribution in [3.8, 4) is 0 Å². The molecule has 0 fully saturated rings. The molecule has 0 saturated carbocycles. The van der Waals surface area contributed by atoms with Gasteiger partial charge in [-0.25, -0.2) is 0 Å². The lowest BCUT2D eigenvalue weighted by atomic mass is 10.1. The van der Waals surface area contributed by atoms with E-state index in [9.17, 15) is 4.79 Å². The Bertz CT molecular complexity index is 527. The minimum atomic E-state index is 0.0238. The van der Waals surface area contributed by atoms with Gasteiger partial charge < -0.3 is 0 Å². The van der Waals surface area contributed by atoms with Gasteiger partial charge in [0, 0.05) is 15.1 Å². The lowest BCUT2D eigenvalue weighted by molar-refractivity contribution is 0.104. The van der Waals surface area contributed by atoms with E-state index in [2.05, 4.69) is 15.9 Å². The van der Waals surface area contributed by atoms with E-state index in [1.54, 1.807) is 18.2 Å². The molecule has 0 amide bonds. The molecule has 4 heteroatoms. The standard InChI is InChI=1S/C12H8BrClOS/c1-7-2-3-16-12(7)11(15)8-4-9(13)6-10(14)5-8/h2-6H,1H3. The second kappa shape index (κ2) is 4.70. The Kier molecular flexibility index (Phi) is 3.47. The molecule has 0 saturated heterocycles. The summed E-state index contributed by atoms with van der Waals surface area (Å²) in [6, 6.07) is 7.18. The van der Waals surface area contributed by atoms with E-state index in [-0.39, 0.29) is 5.78 Å². The first kappa shape index (κ1) is 11.8. The van der Waals surface area contributed by atoms with Crippen molar-refractivity contribution < 1.29 is 4.79 Å². The second-order valence-electron chi connectivity index (χ2n) is 3.42. The van der Waals surface area contributed by atoms with Gasteiger partial charge in [0.15, 0.2) is 0 Å². The summed E-state index contributed by atoms with van der Waals surface area (Å²) in [4.78, 5) is 12.9. The molecule has 0 atom stereocenters. The highest BCUT2D eigenvalue weighted by atomic mass is 79.9. The fourth-order valence-corrected chi connectivity index (χ4v) is 3.17. The van der Waals surface area contributed by atoms with Crippen molar-refractivity contribution in [2.24, 2.45) is 0 Å². The third-order valence-electron chi connectivity index (χ3n) is 2.19. The highest BCUT2D eigenvalue weighted by Crippen LogP contribution is 2.24. The van der Waals surface area contributed by atoms with Crippen molar-refractivity contribution >= 4 is 44.7 Å². The van der Waals surface area contributed by atoms with Gasteiger partial charge in [0.05, 0.1) is 4.88 Å². The number of aryl methyl sites for hydroxylation is 1. The van der Waals surface area contributed by atoms with E-state index >= 15 is 0 Å². The van der Waals surface area contributed by atoms with Crippen LogP contribution in [0.4, 0.5) is 0 Å². The van der Waals surface area contributed by atoms with Crippen LogP contribution in [0.5, 0.6) is 0 Å². The molecule has 82 valence electrons. The predicted octanol–water partition coefficient (Wildman–Crippen LogP) is 4.70. The average Bonchev–Trinajstić information content (AvgIpc) is 2.62. The molecule has 0 N–H and O–H groups in total. The Morgan fingerprint density at radius 2 is 2.12 bits per heavy atom. The molecule has 0 radical (unpaired) electrons. The summed E-state index contributed by atoms with van der Waals surface area (Å²) in [6.45, 7) is 1.93. The monoisotopic (exact) mass is 314 g/mol. The summed E-state index contributed by atoms with van der Waals surface area (Å²) in [5, 5.41) is 2.48. The van der Waals surface area contributed by atoms with E-state index in [0.29, 0.717) is 10.6 Å². The first-order valence-corrected chi connectivity index (χ1v) is 6.68. The highest BCUT2D eigenvalue weighted by Gasteiger charge is 2.14. The quantitative estimate of drug-likeness (QED) is 0.734. The van der Waals surface area contributed by atoms with Crippen molar-refractivity contribution in [1.29, 1.82) is 0 Å². The molecule has 1 heterocycles. The van der Waals surface area contributed by atoms with E-state index < -0.39 is 0 Å². The molecule has 1 aromatic heterocycles. The summed E-state index contributed by atoms with van der Waals surface area (Å²) in [6.07, 6.45) is 0. The molecule has 0 aliphatic carbocycles. The van der Waals surface area contributed by atoms with Gasteiger partial charge in [-0.05, 0) is 42.1 Å². The Hall–Kier alpha value is -0.640. The van der Waals surface area contributed by atoms with Crippen LogP contribution in [0.2, 0.25) is 5.02 Å². The molecule has 0 unspecified atom stereocenters. The van der Waals surface area contributed by atoms with Crippen LogP contribution in [0.1, 0.15) is 20.8 Å². The number of hydrogen-bond donors (Lipinski definition) is 0. The predicted molar refractivity (Wildman–Crippen MR) is 71.6 cm³/mol. The normalized spacial score (nSPS) is 10.4. The average molecular weight is 316 g/mol. The molecule has 2 aromatic rings. The van der Waals surface area contributed by atoms with E-state index in [4.69, 9.17) is 11.6 Å². The number of carbonyl (C=O) groups is 1. The zero-order valence-electron chi connectivity index (χ0n) is 8.46. The Morgan fingerprint density at radius 3 is 2.69 bits per heavy atom. The molecule has 2 rings (SSSR count). The molecule has 16 heavy (non-hydrogen) atoms. The number of thiophene rings is 1. The van der Waals surface area contributed by atoms with Crippen LogP contribution in [0.25, 0.3) is 0 Å². The Balaban J connectivity index is 2.45. The van der Waals surface area contributed by atoms with Crippen LogP contribution in [-0.2, 0) is 0 Å². The van der Waals surface area contributed by atoms with Crippen LogP contribution in [0.15, 0.2) is 34.1 Å². The zero-order valence-corrected chi connectivity index (χ0v) is 11.6. The van der Waals surface area contributed by atoms with E-state index in [1.165, 1.54) is 11.3 Å². The fraction of sp³-hybridized carbons (Fsp3) is 0.0833. The van der Waals surface area contributed by atoms with Gasteiger partial charge in [-0.1, -0.05) is 27.5 Å². The van der Waals surface area contributed by atoms with E-state index in [1.807, 2.05) is 18.4 Å². The lowest BCUT2D eigenvalue weighted by Gasteiger charge is -2.02. The summed E-state index contributed by atoms with van der Waals surface area (Å²) < 4.78 is 0.817. The Labute approximate surface area is 111 Å². The van der Waals surface area contributed by atoms with E-state index in [0.717, 1.165) is 14.9 Å². The van der Waals surface area contributed by atoms with Gasteiger partial charge in [-0.2, -0.15) is 0 Å². The van der Waals surface area contributed by atoms with Crippen molar-refractivity contribution in [3.05, 3.63) is 55.1 Å². The lowest BCUT2D eigenvalue weighted by Crippen LogP contribution is -2.00. The van der Waals surface area contributed by atoms with Crippen LogP contribution >= 0.6 is 38.9 Å². The maximum atomic E-state index is 12.2. The fourth-order valence-electron chi connectivity index (χ4n) is 1.42. The first-order chi connectivity index (χ1) is 7.58. The number of rotatable bonds is 2. The number of benzene rings is 1. The summed E-state index contributed by atoms with van der Waals surface area (Å²) in [5.74, 6) is 0.0238. The van der Waals surface area contributed by atoms with Crippen LogP contribution in [-0.4, -0.2) is 5.78 Å². The minimum Gasteiger partial charge on any atom is -0.288 e. The zero-order chi connectivity index (χ0) is 11.7. The van der Waals surface area contributed by atoms with Gasteiger partial charge in [0.1, 0.15) is 0 Å². The van der Waals surface area contributed by atoms with Crippen LogP contribution < -0.4 is 0 Å². The molecule has 1 aromatic carbocycles. The topological polar surface area (TPSA) is 17.1 Å². The summed E-state index contributed by atoms with van der Waals surface area (Å²) in [5.41, 5.74) is 1.62. The number of halogens is 2. The van der Waals surface area contributed by atoms with Gasteiger partial charge in [0.25, 0.3) is 0 Å². The van der Waals surface area contributed by atoms with Gasteiger partial charge >= 0.3 is 0 Å². The smallest absolute Gasteiger partial charge is 0.203 e. The molecule has 0 spiro atoms. The molecule has 1 nitrogen and oxygen atoms in total. The van der Waals surface area contributed by atoms with Crippen molar-refractivity contribution in [3.63, 3.8) is 0 Å². The molecule has 0 aliphatic rings. The maximum absolute atomic E-state index is 12.2. The summed E-state index contributed by atoms with van der Waals surface area (Å²) >= 11 is 10.7. The third kappa shape index (κ3) is 2.37. The number of ketones is 1. The van der Waals surface area contributed by atoms with Crippen molar-refractivity contribution in [1.82, 2.24) is 0 Å². The number of hydrogen-bond acceptors (Lipinski definition) is 2. The SMILES string of the molecule is Cc1ccsc1C(=O)c1cc(Cl)cc(Br)c1. The molecular formula is C12H8BrClOS. The Morgan fingerprint density at radius 1 is 1.38 bits per heavy atom. The molecule has 0 bridgehead atoms. The van der Waals surface area contributed by atoms with Gasteiger partial charge in [0.2, 0.25) is 5.78 Å². The van der Waals surface area contributed by atoms with Crippen LogP contribution in [0.3, 0.4) is 0 Å². The maximum Gasteiger partial charge on any atom is 0.203 e. The second-order valence-corrected chi connectivity index (χ2v) is 5.69. The largest absolute Gasteiger partial charge is 0.288 e. The number of carbonyl (C=O) groups excluding carboxylic acids is 1. The van der Waals surface area contributed by atoms with Crippen molar-refractivity contribution in [2.75, 3.05) is 0 Å². The first-order valence-electron chi connectivity index (χ1n) is 4.63. The molecule has 0 aliphatic heterocycles. The van der Waals surface area contributed by atoms with Gasteiger partial charge in [-0.3, -0.25) is 4.79 Å². The summed E-state index contributed by atoms with van der Waals surface area (Å²) in [7, 11) is 0. The third-order valence-corrected chi connectivity index (χ3v) is 3.88. The molecular weight excluding hydrogens is 308 g/mol. The van der Waals surface area contributed by atoms with Crippen LogP contribution in [0, 0.1) is 6.92 Å². The van der Waals surface area contributed by atoms with Gasteiger partial charge in [-0.15, -0.1) is 11.3 Å². The van der Waals surface area contributed by atoms with Crippen molar-refractivity contribution in [2.45, 2.75) is 6.92 Å².